The number of hydrogen-bond acceptors (Lipinski definition) is 8. The summed E-state index contributed by atoms with van der Waals surface area (Å²) >= 11 is 0. The van der Waals surface area contributed by atoms with Gasteiger partial charge in [-0.15, -0.1) is 0 Å². The van der Waals surface area contributed by atoms with Crippen LogP contribution >= 0.6 is 0 Å². The molecule has 3 aromatic rings. The van der Waals surface area contributed by atoms with Crippen molar-refractivity contribution in [2.45, 2.75) is 18.9 Å². The van der Waals surface area contributed by atoms with Crippen molar-refractivity contribution < 1.29 is 14.3 Å². The van der Waals surface area contributed by atoms with E-state index in [1.165, 1.54) is 7.11 Å². The van der Waals surface area contributed by atoms with Gasteiger partial charge in [0.05, 0.1) is 43.6 Å². The molecule has 2 N–H and O–H groups in total. The molecule has 0 unspecified atom stereocenters. The Morgan fingerprint density at radius 1 is 1.16 bits per heavy atom. The molecule has 168 valence electrons. The van der Waals surface area contributed by atoms with Gasteiger partial charge >= 0.3 is 6.09 Å². The molecule has 10 nitrogen and oxygen atoms in total. The fourth-order valence-corrected chi connectivity index (χ4v) is 4.24. The first kappa shape index (κ1) is 20.7. The molecule has 0 radical (unpaired) electrons. The lowest BCUT2D eigenvalue weighted by atomic mass is 10.1. The van der Waals surface area contributed by atoms with Gasteiger partial charge in [0.25, 0.3) is 0 Å². The number of rotatable bonds is 4. The summed E-state index contributed by atoms with van der Waals surface area (Å²) in [5.41, 5.74) is 3.29. The zero-order chi connectivity index (χ0) is 21.9. The fourth-order valence-electron chi connectivity index (χ4n) is 4.24. The molecule has 0 saturated carbocycles. The summed E-state index contributed by atoms with van der Waals surface area (Å²) in [5, 5.41) is 11.7. The quantitative estimate of drug-likeness (QED) is 0.641. The summed E-state index contributed by atoms with van der Waals surface area (Å²) in [7, 11) is 1.34. The van der Waals surface area contributed by atoms with Crippen molar-refractivity contribution in [3.8, 4) is 11.3 Å². The molecule has 32 heavy (non-hydrogen) atoms. The van der Waals surface area contributed by atoms with E-state index in [2.05, 4.69) is 25.0 Å². The Balaban J connectivity index is 1.57. The normalized spacial score (nSPS) is 17.5. The minimum Gasteiger partial charge on any atom is -0.453 e. The van der Waals surface area contributed by atoms with Crippen LogP contribution in [-0.2, 0) is 9.47 Å². The molecule has 0 spiro atoms. The van der Waals surface area contributed by atoms with E-state index >= 15 is 0 Å². The number of methoxy groups -OCH3 is 1. The first-order valence-corrected chi connectivity index (χ1v) is 11.0. The van der Waals surface area contributed by atoms with Crippen LogP contribution in [-0.4, -0.2) is 72.3 Å². The number of morpholine rings is 1. The summed E-state index contributed by atoms with van der Waals surface area (Å²) in [4.78, 5) is 23.6. The number of aromatic nitrogens is 4. The van der Waals surface area contributed by atoms with Gasteiger partial charge in [-0.25, -0.2) is 14.5 Å². The van der Waals surface area contributed by atoms with Gasteiger partial charge in [-0.1, -0.05) is 12.1 Å². The van der Waals surface area contributed by atoms with E-state index < -0.39 is 6.09 Å². The number of carbonyl (C=O) groups is 1. The Labute approximate surface area is 185 Å². The first-order chi connectivity index (χ1) is 15.7. The summed E-state index contributed by atoms with van der Waals surface area (Å²) < 4.78 is 12.3. The Bertz CT molecular complexity index is 1090. The van der Waals surface area contributed by atoms with Crippen LogP contribution in [0.1, 0.15) is 18.9 Å². The third-order valence-electron chi connectivity index (χ3n) is 5.98. The molecule has 2 aliphatic rings. The van der Waals surface area contributed by atoms with E-state index in [0.717, 1.165) is 61.3 Å². The molecular weight excluding hydrogens is 410 g/mol. The zero-order valence-electron chi connectivity index (χ0n) is 18.1. The molecule has 5 rings (SSSR count). The van der Waals surface area contributed by atoms with Gasteiger partial charge in [0, 0.05) is 24.3 Å². The monoisotopic (exact) mass is 437 g/mol. The van der Waals surface area contributed by atoms with Crippen molar-refractivity contribution in [3.05, 3.63) is 30.5 Å². The van der Waals surface area contributed by atoms with E-state index in [9.17, 15) is 4.79 Å². The number of piperidine rings is 1. The highest BCUT2D eigenvalue weighted by molar-refractivity contribution is 5.92. The lowest BCUT2D eigenvalue weighted by Crippen LogP contribution is -2.37. The molecule has 0 atom stereocenters. The number of ether oxygens (including phenoxy) is 2. The molecule has 2 aromatic heterocycles. The second-order valence-electron chi connectivity index (χ2n) is 7.97. The Morgan fingerprint density at radius 2 is 1.91 bits per heavy atom. The van der Waals surface area contributed by atoms with Gasteiger partial charge in [0.15, 0.2) is 5.65 Å². The molecule has 0 bridgehead atoms. The van der Waals surface area contributed by atoms with Crippen molar-refractivity contribution >= 4 is 28.8 Å². The van der Waals surface area contributed by atoms with Crippen molar-refractivity contribution in [2.75, 3.05) is 56.7 Å². The van der Waals surface area contributed by atoms with Crippen LogP contribution in [0, 0.1) is 0 Å². The van der Waals surface area contributed by atoms with Crippen LogP contribution in [0.3, 0.4) is 0 Å². The summed E-state index contributed by atoms with van der Waals surface area (Å²) in [6.45, 7) is 4.81. The van der Waals surface area contributed by atoms with Crippen LogP contribution in [0.4, 0.5) is 16.4 Å². The van der Waals surface area contributed by atoms with Crippen LogP contribution in [0.15, 0.2) is 30.5 Å². The van der Waals surface area contributed by atoms with Crippen LogP contribution < -0.4 is 15.5 Å². The Morgan fingerprint density at radius 3 is 2.62 bits per heavy atom. The molecule has 0 aliphatic carbocycles. The highest BCUT2D eigenvalue weighted by Gasteiger charge is 2.23. The second kappa shape index (κ2) is 9.09. The summed E-state index contributed by atoms with van der Waals surface area (Å²) in [5.74, 6) is 0.697. The van der Waals surface area contributed by atoms with Crippen molar-refractivity contribution in [3.63, 3.8) is 0 Å². The average molecular weight is 438 g/mol. The second-order valence-corrected chi connectivity index (χ2v) is 7.97. The topological polar surface area (TPSA) is 106 Å². The van der Waals surface area contributed by atoms with E-state index in [1.54, 1.807) is 0 Å². The van der Waals surface area contributed by atoms with E-state index in [1.807, 2.05) is 30.5 Å². The SMILES string of the molecule is COC(=O)Nc1ccc(-c2nc(N3CCOCC3)nc3c2cnn3C2CCNCC2)cc1. The zero-order valence-corrected chi connectivity index (χ0v) is 18.1. The number of amides is 1. The van der Waals surface area contributed by atoms with Gasteiger partial charge in [-0.3, -0.25) is 5.32 Å². The Kier molecular flexibility index (Phi) is 5.87. The van der Waals surface area contributed by atoms with Gasteiger partial charge in [0.2, 0.25) is 5.95 Å². The van der Waals surface area contributed by atoms with Crippen LogP contribution in [0.2, 0.25) is 0 Å². The van der Waals surface area contributed by atoms with Crippen molar-refractivity contribution in [1.29, 1.82) is 0 Å². The minimum absolute atomic E-state index is 0.320. The number of nitrogens with zero attached hydrogens (tertiary/aromatic N) is 5. The molecule has 2 saturated heterocycles. The highest BCUT2D eigenvalue weighted by atomic mass is 16.5. The number of carbonyl (C=O) groups excluding carboxylic acids is 1. The lowest BCUT2D eigenvalue weighted by molar-refractivity contribution is 0.122. The number of hydrogen-bond donors (Lipinski definition) is 2. The third kappa shape index (κ3) is 4.11. The van der Waals surface area contributed by atoms with Crippen molar-refractivity contribution in [1.82, 2.24) is 25.1 Å². The fraction of sp³-hybridized carbons (Fsp3) is 0.455. The van der Waals surface area contributed by atoms with E-state index in [0.29, 0.717) is 30.9 Å². The summed E-state index contributed by atoms with van der Waals surface area (Å²) in [6, 6.07) is 7.88. The standard InChI is InChI=1S/C22H27N7O3/c1-31-22(30)25-16-4-2-15(3-5-16)19-18-14-24-29(17-6-8-23-9-7-17)20(18)27-21(26-19)28-10-12-32-13-11-28/h2-5,14,17,23H,6-13H2,1H3,(H,25,30). The predicted octanol–water partition coefficient (Wildman–Crippen LogP) is 2.43. The maximum Gasteiger partial charge on any atom is 0.411 e. The maximum atomic E-state index is 11.5. The maximum absolute atomic E-state index is 11.5. The minimum atomic E-state index is -0.500. The molecule has 2 aliphatic heterocycles. The lowest BCUT2D eigenvalue weighted by Gasteiger charge is -2.27. The van der Waals surface area contributed by atoms with Crippen LogP contribution in [0.25, 0.3) is 22.3 Å². The van der Waals surface area contributed by atoms with E-state index in [-0.39, 0.29) is 0 Å². The number of anilines is 2. The number of fused-ring (bicyclic) bond motifs is 1. The molecule has 1 amide bonds. The molecule has 1 aromatic carbocycles. The van der Waals surface area contributed by atoms with Gasteiger partial charge < -0.3 is 19.7 Å². The number of nitrogens with one attached hydrogen (secondary N) is 2. The Hall–Kier alpha value is -3.24. The largest absolute Gasteiger partial charge is 0.453 e. The van der Waals surface area contributed by atoms with E-state index in [4.69, 9.17) is 19.8 Å². The highest BCUT2D eigenvalue weighted by Crippen LogP contribution is 2.32. The molecule has 2 fully saturated rings. The smallest absolute Gasteiger partial charge is 0.411 e. The molecule has 10 heteroatoms. The number of benzene rings is 1. The third-order valence-corrected chi connectivity index (χ3v) is 5.98. The molecular formula is C22H27N7O3. The summed E-state index contributed by atoms with van der Waals surface area (Å²) in [6.07, 6.45) is 3.42. The van der Waals surface area contributed by atoms with Crippen LogP contribution in [0.5, 0.6) is 0 Å². The predicted molar refractivity (Wildman–Crippen MR) is 121 cm³/mol. The molecule has 4 heterocycles. The van der Waals surface area contributed by atoms with Gasteiger partial charge in [-0.05, 0) is 38.1 Å². The first-order valence-electron chi connectivity index (χ1n) is 11.0. The van der Waals surface area contributed by atoms with Crippen molar-refractivity contribution in [2.24, 2.45) is 0 Å². The average Bonchev–Trinajstić information content (AvgIpc) is 3.29. The van der Waals surface area contributed by atoms with Gasteiger partial charge in [0.1, 0.15) is 0 Å². The van der Waals surface area contributed by atoms with Gasteiger partial charge in [-0.2, -0.15) is 10.1 Å².